The molecule has 0 saturated carbocycles. The molecule has 1 aromatic heterocycles. The van der Waals surface area contributed by atoms with Gasteiger partial charge in [0.15, 0.2) is 0 Å². The number of hydrogen-bond acceptors (Lipinski definition) is 5. The van der Waals surface area contributed by atoms with Crippen molar-refractivity contribution in [2.24, 2.45) is 0 Å². The number of amides is 2. The minimum Gasteiger partial charge on any atom is -0.423 e. The molecular formula is C20H18N4O3. The van der Waals surface area contributed by atoms with Gasteiger partial charge in [0.1, 0.15) is 0 Å². The van der Waals surface area contributed by atoms with Crippen LogP contribution in [0.4, 0.5) is 5.69 Å². The SMILES string of the molecule is C=CC(=O)Nc1ccccc1CC(=O)NCc1ccc(-c2nnco2)cc1. The first-order valence-corrected chi connectivity index (χ1v) is 8.29. The van der Waals surface area contributed by atoms with Crippen LogP contribution in [0.5, 0.6) is 0 Å². The molecule has 0 fully saturated rings. The van der Waals surface area contributed by atoms with Crippen molar-refractivity contribution in [3.8, 4) is 11.5 Å². The van der Waals surface area contributed by atoms with E-state index in [2.05, 4.69) is 27.4 Å². The van der Waals surface area contributed by atoms with Gasteiger partial charge in [-0.3, -0.25) is 9.59 Å². The summed E-state index contributed by atoms with van der Waals surface area (Å²) in [5.74, 6) is -0.00996. The number of nitrogens with zero attached hydrogens (tertiary/aromatic N) is 2. The summed E-state index contributed by atoms with van der Waals surface area (Å²) in [5, 5.41) is 13.1. The first-order valence-electron chi connectivity index (χ1n) is 8.29. The monoisotopic (exact) mass is 362 g/mol. The standard InChI is InChI=1S/C20H18N4O3/c1-2-18(25)23-17-6-4-3-5-16(17)11-19(26)21-12-14-7-9-15(10-8-14)20-24-22-13-27-20/h2-10,13H,1,11-12H2,(H,21,26)(H,23,25). The molecule has 2 aromatic carbocycles. The highest BCUT2D eigenvalue weighted by atomic mass is 16.4. The highest BCUT2D eigenvalue weighted by Crippen LogP contribution is 2.17. The molecule has 0 unspecified atom stereocenters. The van der Waals surface area contributed by atoms with Crippen LogP contribution in [0.1, 0.15) is 11.1 Å². The Balaban J connectivity index is 1.57. The van der Waals surface area contributed by atoms with Crippen LogP contribution in [0.15, 0.2) is 72.0 Å². The molecule has 7 nitrogen and oxygen atoms in total. The first-order chi connectivity index (χ1) is 13.2. The average molecular weight is 362 g/mol. The highest BCUT2D eigenvalue weighted by molar-refractivity contribution is 5.99. The zero-order chi connectivity index (χ0) is 19.1. The van der Waals surface area contributed by atoms with Gasteiger partial charge in [-0.25, -0.2) is 0 Å². The number of anilines is 1. The van der Waals surface area contributed by atoms with Gasteiger partial charge in [-0.15, -0.1) is 10.2 Å². The molecule has 0 aliphatic carbocycles. The van der Waals surface area contributed by atoms with E-state index in [4.69, 9.17) is 4.42 Å². The summed E-state index contributed by atoms with van der Waals surface area (Å²) in [6, 6.07) is 14.7. The number of rotatable bonds is 7. The van der Waals surface area contributed by atoms with Gasteiger partial charge in [0, 0.05) is 17.8 Å². The van der Waals surface area contributed by atoms with Gasteiger partial charge in [0.05, 0.1) is 6.42 Å². The van der Waals surface area contributed by atoms with E-state index in [-0.39, 0.29) is 18.2 Å². The van der Waals surface area contributed by atoms with Crippen LogP contribution in [0.25, 0.3) is 11.5 Å². The lowest BCUT2D eigenvalue weighted by Gasteiger charge is -2.10. The van der Waals surface area contributed by atoms with Crippen molar-refractivity contribution >= 4 is 17.5 Å². The van der Waals surface area contributed by atoms with E-state index in [0.29, 0.717) is 18.1 Å². The third kappa shape index (κ3) is 4.88. The Morgan fingerprint density at radius 1 is 1.11 bits per heavy atom. The van der Waals surface area contributed by atoms with Gasteiger partial charge >= 0.3 is 0 Å². The number of hydrogen-bond donors (Lipinski definition) is 2. The molecule has 0 spiro atoms. The van der Waals surface area contributed by atoms with Crippen molar-refractivity contribution in [3.63, 3.8) is 0 Å². The lowest BCUT2D eigenvalue weighted by atomic mass is 10.1. The maximum Gasteiger partial charge on any atom is 0.247 e. The van der Waals surface area contributed by atoms with E-state index in [1.807, 2.05) is 30.3 Å². The smallest absolute Gasteiger partial charge is 0.247 e. The van der Waals surface area contributed by atoms with E-state index >= 15 is 0 Å². The predicted molar refractivity (Wildman–Crippen MR) is 101 cm³/mol. The first kappa shape index (κ1) is 18.1. The van der Waals surface area contributed by atoms with Crippen LogP contribution in [0.3, 0.4) is 0 Å². The molecule has 27 heavy (non-hydrogen) atoms. The number of carbonyl (C=O) groups excluding carboxylic acids is 2. The third-order valence-electron chi connectivity index (χ3n) is 3.86. The second-order valence-corrected chi connectivity index (χ2v) is 5.74. The molecule has 0 aliphatic rings. The molecule has 0 atom stereocenters. The quantitative estimate of drug-likeness (QED) is 0.630. The normalized spacial score (nSPS) is 10.2. The van der Waals surface area contributed by atoms with Crippen LogP contribution in [0, 0.1) is 0 Å². The largest absolute Gasteiger partial charge is 0.423 e. The molecule has 2 amide bonds. The second-order valence-electron chi connectivity index (χ2n) is 5.74. The molecular weight excluding hydrogens is 344 g/mol. The molecule has 2 N–H and O–H groups in total. The summed E-state index contributed by atoms with van der Waals surface area (Å²) in [4.78, 5) is 23.8. The van der Waals surface area contributed by atoms with Crippen molar-refractivity contribution in [1.29, 1.82) is 0 Å². The topological polar surface area (TPSA) is 97.1 Å². The molecule has 0 saturated heterocycles. The fourth-order valence-electron chi connectivity index (χ4n) is 2.48. The van der Waals surface area contributed by atoms with Gasteiger partial charge < -0.3 is 15.1 Å². The maximum absolute atomic E-state index is 12.3. The van der Waals surface area contributed by atoms with Crippen molar-refractivity contribution in [2.45, 2.75) is 13.0 Å². The number of para-hydroxylation sites is 1. The summed E-state index contributed by atoms with van der Waals surface area (Å²) in [6.07, 6.45) is 2.63. The van der Waals surface area contributed by atoms with Gasteiger partial charge in [0.25, 0.3) is 0 Å². The molecule has 136 valence electrons. The Labute approximate surface area is 156 Å². The van der Waals surface area contributed by atoms with Gasteiger partial charge in [0.2, 0.25) is 24.1 Å². The number of carbonyl (C=O) groups is 2. The molecule has 3 aromatic rings. The van der Waals surface area contributed by atoms with Gasteiger partial charge in [-0.2, -0.15) is 0 Å². The summed E-state index contributed by atoms with van der Waals surface area (Å²) < 4.78 is 5.14. The molecule has 7 heteroatoms. The minimum atomic E-state index is -0.316. The zero-order valence-electron chi connectivity index (χ0n) is 14.5. The van der Waals surface area contributed by atoms with Crippen LogP contribution in [-0.2, 0) is 22.6 Å². The van der Waals surface area contributed by atoms with E-state index in [1.54, 1.807) is 18.2 Å². The lowest BCUT2D eigenvalue weighted by Crippen LogP contribution is -2.25. The Morgan fingerprint density at radius 3 is 2.59 bits per heavy atom. The summed E-state index contributed by atoms with van der Waals surface area (Å²) in [7, 11) is 0. The predicted octanol–water partition coefficient (Wildman–Crippen LogP) is 2.72. The molecule has 3 rings (SSSR count). The van der Waals surface area contributed by atoms with E-state index in [9.17, 15) is 9.59 Å². The lowest BCUT2D eigenvalue weighted by molar-refractivity contribution is -0.120. The van der Waals surface area contributed by atoms with E-state index in [0.717, 1.165) is 16.7 Å². The number of nitrogens with one attached hydrogen (secondary N) is 2. The van der Waals surface area contributed by atoms with Crippen LogP contribution < -0.4 is 10.6 Å². The van der Waals surface area contributed by atoms with E-state index < -0.39 is 0 Å². The summed E-state index contributed by atoms with van der Waals surface area (Å²) in [5.41, 5.74) is 3.09. The number of aromatic nitrogens is 2. The summed E-state index contributed by atoms with van der Waals surface area (Å²) in [6.45, 7) is 3.82. The van der Waals surface area contributed by atoms with Crippen LogP contribution >= 0.6 is 0 Å². The Morgan fingerprint density at radius 2 is 1.89 bits per heavy atom. The van der Waals surface area contributed by atoms with Crippen molar-refractivity contribution in [2.75, 3.05) is 5.32 Å². The number of benzene rings is 2. The van der Waals surface area contributed by atoms with Crippen molar-refractivity contribution in [3.05, 3.63) is 78.7 Å². The Kier molecular flexibility index (Phi) is 5.73. The molecule has 0 bridgehead atoms. The highest BCUT2D eigenvalue weighted by Gasteiger charge is 2.09. The van der Waals surface area contributed by atoms with Gasteiger partial charge in [-0.1, -0.05) is 36.9 Å². The molecule has 0 radical (unpaired) electrons. The molecule has 1 heterocycles. The van der Waals surface area contributed by atoms with E-state index in [1.165, 1.54) is 12.5 Å². The van der Waals surface area contributed by atoms with Gasteiger partial charge in [-0.05, 0) is 35.4 Å². The fraction of sp³-hybridized carbons (Fsp3) is 0.100. The molecule has 0 aliphatic heterocycles. The fourth-order valence-corrected chi connectivity index (χ4v) is 2.48. The van der Waals surface area contributed by atoms with Crippen LogP contribution in [-0.4, -0.2) is 22.0 Å². The van der Waals surface area contributed by atoms with Crippen molar-refractivity contribution in [1.82, 2.24) is 15.5 Å². The maximum atomic E-state index is 12.3. The second kappa shape index (κ2) is 8.57. The average Bonchev–Trinajstić information content (AvgIpc) is 3.23. The third-order valence-corrected chi connectivity index (χ3v) is 3.86. The van der Waals surface area contributed by atoms with Crippen LogP contribution in [0.2, 0.25) is 0 Å². The zero-order valence-corrected chi connectivity index (χ0v) is 14.5. The van der Waals surface area contributed by atoms with Crippen molar-refractivity contribution < 1.29 is 14.0 Å². The minimum absolute atomic E-state index is 0.142. The summed E-state index contributed by atoms with van der Waals surface area (Å²) >= 11 is 0. The Hall–Kier alpha value is -3.74. The Bertz CT molecular complexity index is 934.